The molecule has 1 fully saturated rings. The van der Waals surface area contributed by atoms with Gasteiger partial charge in [-0.2, -0.15) is 12.7 Å². The second-order valence-corrected chi connectivity index (χ2v) is 9.29. The standard InChI is InChI=1S/C20H26ClN3O2S/c1-4-14-23(3)27(25,26)24-20(17-10-12-18(21)13-11-17)19(15-22(24)2)16-8-6-5-7-9-16/h5-13,19-20H,4,14-15H2,1-3H3. The molecule has 5 nitrogen and oxygen atoms in total. The number of likely N-dealkylation sites (N-methyl/N-ethyl adjacent to an activating group) is 1. The zero-order valence-corrected chi connectivity index (χ0v) is 17.5. The number of nitrogens with zero attached hydrogens (tertiary/aromatic N) is 3. The van der Waals surface area contributed by atoms with Gasteiger partial charge in [0, 0.05) is 38.1 Å². The molecule has 3 rings (SSSR count). The molecule has 2 aromatic rings. The molecule has 0 aromatic heterocycles. The van der Waals surface area contributed by atoms with E-state index in [0.29, 0.717) is 18.1 Å². The van der Waals surface area contributed by atoms with E-state index in [1.54, 1.807) is 7.05 Å². The van der Waals surface area contributed by atoms with Crippen molar-refractivity contribution in [2.75, 3.05) is 27.2 Å². The Labute approximate surface area is 167 Å². The maximum atomic E-state index is 13.3. The van der Waals surface area contributed by atoms with Crippen LogP contribution in [0.15, 0.2) is 54.6 Å². The summed E-state index contributed by atoms with van der Waals surface area (Å²) in [6.07, 6.45) is 0.765. The van der Waals surface area contributed by atoms with Gasteiger partial charge in [-0.15, -0.1) is 4.41 Å². The van der Waals surface area contributed by atoms with Crippen LogP contribution in [-0.2, 0) is 10.2 Å². The van der Waals surface area contributed by atoms with Crippen LogP contribution in [0.3, 0.4) is 0 Å². The molecule has 0 amide bonds. The highest BCUT2D eigenvalue weighted by molar-refractivity contribution is 7.86. The monoisotopic (exact) mass is 407 g/mol. The third-order valence-corrected chi connectivity index (χ3v) is 7.23. The lowest BCUT2D eigenvalue weighted by atomic mass is 9.89. The number of halogens is 1. The average Bonchev–Trinajstić information content (AvgIpc) is 3.01. The summed E-state index contributed by atoms with van der Waals surface area (Å²) in [6.45, 7) is 3.08. The first-order chi connectivity index (χ1) is 12.9. The molecule has 2 atom stereocenters. The van der Waals surface area contributed by atoms with Crippen LogP contribution < -0.4 is 0 Å². The van der Waals surface area contributed by atoms with Crippen LogP contribution in [0.1, 0.15) is 36.4 Å². The average molecular weight is 408 g/mol. The molecular weight excluding hydrogens is 382 g/mol. The van der Waals surface area contributed by atoms with Gasteiger partial charge in [0.15, 0.2) is 0 Å². The summed E-state index contributed by atoms with van der Waals surface area (Å²) in [5.74, 6) is 0.0298. The molecule has 1 aliphatic rings. The minimum Gasteiger partial charge on any atom is -0.229 e. The van der Waals surface area contributed by atoms with Gasteiger partial charge < -0.3 is 0 Å². The first-order valence-electron chi connectivity index (χ1n) is 9.13. The Bertz CT molecular complexity index is 859. The van der Waals surface area contributed by atoms with Crippen LogP contribution in [-0.4, -0.2) is 49.3 Å². The molecule has 0 saturated carbocycles. The highest BCUT2D eigenvalue weighted by Gasteiger charge is 2.47. The normalized spacial score (nSPS) is 21.8. The fraction of sp³-hybridized carbons (Fsp3) is 0.400. The topological polar surface area (TPSA) is 43.9 Å². The molecule has 1 saturated heterocycles. The summed E-state index contributed by atoms with van der Waals surface area (Å²) >= 11 is 6.07. The van der Waals surface area contributed by atoms with Gasteiger partial charge in [-0.25, -0.2) is 5.01 Å². The van der Waals surface area contributed by atoms with Crippen LogP contribution >= 0.6 is 11.6 Å². The van der Waals surface area contributed by atoms with Gasteiger partial charge >= 0.3 is 0 Å². The van der Waals surface area contributed by atoms with Crippen molar-refractivity contribution in [1.29, 1.82) is 0 Å². The molecule has 1 heterocycles. The van der Waals surface area contributed by atoms with E-state index in [9.17, 15) is 8.42 Å². The molecule has 2 aromatic carbocycles. The molecule has 0 N–H and O–H groups in total. The van der Waals surface area contributed by atoms with Crippen molar-refractivity contribution >= 4 is 21.8 Å². The summed E-state index contributed by atoms with van der Waals surface area (Å²) in [6, 6.07) is 17.2. The highest BCUT2D eigenvalue weighted by atomic mass is 35.5. The summed E-state index contributed by atoms with van der Waals surface area (Å²) < 4.78 is 29.7. The Morgan fingerprint density at radius 2 is 1.70 bits per heavy atom. The number of hydrogen-bond acceptors (Lipinski definition) is 3. The van der Waals surface area contributed by atoms with Gasteiger partial charge in [0.05, 0.1) is 6.04 Å². The fourth-order valence-corrected chi connectivity index (χ4v) is 5.53. The van der Waals surface area contributed by atoms with E-state index < -0.39 is 10.2 Å². The minimum absolute atomic E-state index is 0.0298. The summed E-state index contributed by atoms with van der Waals surface area (Å²) in [5, 5.41) is 2.46. The SMILES string of the molecule is CCCN(C)S(=O)(=O)N1C(c2ccc(Cl)cc2)C(c2ccccc2)CN1C. The Morgan fingerprint density at radius 3 is 2.30 bits per heavy atom. The van der Waals surface area contributed by atoms with Crippen molar-refractivity contribution in [2.45, 2.75) is 25.3 Å². The number of hydrazine groups is 1. The quantitative estimate of drug-likeness (QED) is 0.729. The smallest absolute Gasteiger partial charge is 0.229 e. The Hall–Kier alpha value is -1.44. The van der Waals surface area contributed by atoms with Crippen LogP contribution in [0.5, 0.6) is 0 Å². The number of rotatable bonds is 6. The van der Waals surface area contributed by atoms with E-state index in [1.807, 2.05) is 61.4 Å². The molecule has 146 valence electrons. The lowest BCUT2D eigenvalue weighted by Crippen LogP contribution is -2.47. The third kappa shape index (κ3) is 4.05. The second-order valence-electron chi connectivity index (χ2n) is 6.96. The predicted molar refractivity (Wildman–Crippen MR) is 110 cm³/mol. The van der Waals surface area contributed by atoms with E-state index in [-0.39, 0.29) is 12.0 Å². The van der Waals surface area contributed by atoms with E-state index in [1.165, 1.54) is 8.72 Å². The Balaban J connectivity index is 2.09. The molecule has 2 unspecified atom stereocenters. The maximum absolute atomic E-state index is 13.3. The first kappa shape index (κ1) is 20.3. The summed E-state index contributed by atoms with van der Waals surface area (Å²) in [5.41, 5.74) is 2.06. The van der Waals surface area contributed by atoms with Crippen molar-refractivity contribution in [2.24, 2.45) is 0 Å². The van der Waals surface area contributed by atoms with E-state index >= 15 is 0 Å². The van der Waals surface area contributed by atoms with Crippen molar-refractivity contribution in [3.8, 4) is 0 Å². The highest BCUT2D eigenvalue weighted by Crippen LogP contribution is 2.44. The Kier molecular flexibility index (Phi) is 6.23. The molecule has 0 aliphatic carbocycles. The summed E-state index contributed by atoms with van der Waals surface area (Å²) in [7, 11) is -0.162. The van der Waals surface area contributed by atoms with Crippen LogP contribution in [0.2, 0.25) is 5.02 Å². The van der Waals surface area contributed by atoms with Crippen molar-refractivity contribution in [3.05, 3.63) is 70.7 Å². The maximum Gasteiger partial charge on any atom is 0.295 e. The van der Waals surface area contributed by atoms with Gasteiger partial charge in [-0.05, 0) is 29.7 Å². The predicted octanol–water partition coefficient (Wildman–Crippen LogP) is 3.91. The van der Waals surface area contributed by atoms with Crippen molar-refractivity contribution < 1.29 is 8.42 Å². The lowest BCUT2D eigenvalue weighted by molar-refractivity contribution is 0.115. The molecule has 27 heavy (non-hydrogen) atoms. The van der Waals surface area contributed by atoms with Crippen LogP contribution in [0, 0.1) is 0 Å². The number of benzene rings is 2. The largest absolute Gasteiger partial charge is 0.295 e. The molecule has 1 aliphatic heterocycles. The van der Waals surface area contributed by atoms with Crippen LogP contribution in [0.25, 0.3) is 0 Å². The van der Waals surface area contributed by atoms with Gasteiger partial charge in [-0.1, -0.05) is 61.0 Å². The lowest BCUT2D eigenvalue weighted by Gasteiger charge is -2.33. The zero-order chi connectivity index (χ0) is 19.6. The molecule has 7 heteroatoms. The molecular formula is C20H26ClN3O2S. The van der Waals surface area contributed by atoms with E-state index in [2.05, 4.69) is 12.1 Å². The van der Waals surface area contributed by atoms with Crippen molar-refractivity contribution in [3.63, 3.8) is 0 Å². The fourth-order valence-electron chi connectivity index (χ4n) is 3.73. The Morgan fingerprint density at radius 1 is 1.07 bits per heavy atom. The third-order valence-electron chi connectivity index (χ3n) is 5.02. The van der Waals surface area contributed by atoms with Gasteiger partial charge in [0.2, 0.25) is 0 Å². The van der Waals surface area contributed by atoms with Crippen molar-refractivity contribution in [1.82, 2.24) is 13.7 Å². The number of hydrogen-bond donors (Lipinski definition) is 0. The van der Waals surface area contributed by atoms with Gasteiger partial charge in [0.1, 0.15) is 0 Å². The first-order valence-corrected chi connectivity index (χ1v) is 10.9. The minimum atomic E-state index is -3.64. The second kappa shape index (κ2) is 8.29. The zero-order valence-electron chi connectivity index (χ0n) is 15.9. The summed E-state index contributed by atoms with van der Waals surface area (Å²) in [4.78, 5) is 0. The van der Waals surface area contributed by atoms with Crippen LogP contribution in [0.4, 0.5) is 0 Å². The van der Waals surface area contributed by atoms with E-state index in [4.69, 9.17) is 11.6 Å². The molecule has 0 radical (unpaired) electrons. The van der Waals surface area contributed by atoms with Gasteiger partial charge in [0.25, 0.3) is 10.2 Å². The van der Waals surface area contributed by atoms with Gasteiger partial charge in [-0.3, -0.25) is 0 Å². The molecule has 0 spiro atoms. The van der Waals surface area contributed by atoms with E-state index in [0.717, 1.165) is 17.5 Å². The molecule has 0 bridgehead atoms.